The van der Waals surface area contributed by atoms with E-state index in [1.165, 1.54) is 13.3 Å². The van der Waals surface area contributed by atoms with Crippen molar-refractivity contribution in [3.63, 3.8) is 0 Å². The molecule has 144 valence electrons. The van der Waals surface area contributed by atoms with Crippen LogP contribution in [0, 0.1) is 6.92 Å². The number of ether oxygens (including phenoxy) is 2. The van der Waals surface area contributed by atoms with E-state index >= 15 is 0 Å². The van der Waals surface area contributed by atoms with E-state index in [0.717, 1.165) is 11.3 Å². The van der Waals surface area contributed by atoms with Crippen LogP contribution in [0.4, 0.5) is 17.1 Å². The van der Waals surface area contributed by atoms with E-state index < -0.39 is 0 Å². The average Bonchev–Trinajstić information content (AvgIpc) is 2.68. The third kappa shape index (κ3) is 4.53. The number of amides is 1. The molecule has 0 aliphatic rings. The second-order valence-corrected chi connectivity index (χ2v) is 6.53. The number of methoxy groups -OCH3 is 2. The van der Waals surface area contributed by atoms with Gasteiger partial charge in [0.1, 0.15) is 11.5 Å². The lowest BCUT2D eigenvalue weighted by Gasteiger charge is -2.13. The lowest BCUT2D eigenvalue weighted by atomic mass is 10.2. The topological polar surface area (TPSA) is 72.5 Å². The molecule has 0 atom stereocenters. The van der Waals surface area contributed by atoms with E-state index in [-0.39, 0.29) is 5.91 Å². The van der Waals surface area contributed by atoms with E-state index in [0.29, 0.717) is 33.5 Å². The van der Waals surface area contributed by atoms with Crippen LogP contribution in [-0.2, 0) is 0 Å². The molecule has 0 radical (unpaired) electrons. The van der Waals surface area contributed by atoms with E-state index in [9.17, 15) is 4.79 Å². The van der Waals surface area contributed by atoms with Gasteiger partial charge in [0.05, 0.1) is 43.0 Å². The molecule has 0 unspecified atom stereocenters. The molecule has 0 saturated carbocycles. The third-order valence-electron chi connectivity index (χ3n) is 4.04. The lowest BCUT2D eigenvalue weighted by Crippen LogP contribution is -2.13. The highest BCUT2D eigenvalue weighted by Crippen LogP contribution is 2.30. The summed E-state index contributed by atoms with van der Waals surface area (Å²) in [6.07, 6.45) is 3.13. The smallest absolute Gasteiger partial charge is 0.257 e. The van der Waals surface area contributed by atoms with Crippen molar-refractivity contribution in [1.29, 1.82) is 0 Å². The maximum atomic E-state index is 12.7. The van der Waals surface area contributed by atoms with Crippen LogP contribution < -0.4 is 20.1 Å². The number of nitrogens with one attached hydrogen (secondary N) is 2. The molecular weight excluding hydrogens is 378 g/mol. The van der Waals surface area contributed by atoms with E-state index in [1.54, 1.807) is 37.6 Å². The number of hydrogen-bond donors (Lipinski definition) is 2. The fraction of sp³-hybridized carbons (Fsp3) is 0.143. The zero-order valence-corrected chi connectivity index (χ0v) is 16.5. The summed E-state index contributed by atoms with van der Waals surface area (Å²) in [7, 11) is 3.14. The van der Waals surface area contributed by atoms with Crippen LogP contribution in [0.2, 0.25) is 5.02 Å². The number of anilines is 3. The minimum atomic E-state index is -0.326. The monoisotopic (exact) mass is 397 g/mol. The SMILES string of the molecule is COc1ccc(Cl)cc1NC(=O)c1cncc(Nc2cc(C)ccc2OC)c1. The number of carbonyl (C=O) groups excluding carboxylic acids is 1. The molecule has 7 heteroatoms. The first-order valence-corrected chi connectivity index (χ1v) is 8.89. The van der Waals surface area contributed by atoms with Gasteiger partial charge >= 0.3 is 0 Å². The summed E-state index contributed by atoms with van der Waals surface area (Å²) in [5, 5.41) is 6.54. The highest BCUT2D eigenvalue weighted by atomic mass is 35.5. The molecule has 0 fully saturated rings. The summed E-state index contributed by atoms with van der Waals surface area (Å²) in [6.45, 7) is 1.99. The van der Waals surface area contributed by atoms with Crippen molar-refractivity contribution in [2.45, 2.75) is 6.92 Å². The Kier molecular flexibility index (Phi) is 6.01. The van der Waals surface area contributed by atoms with Crippen molar-refractivity contribution in [2.75, 3.05) is 24.9 Å². The van der Waals surface area contributed by atoms with Gasteiger partial charge in [0.15, 0.2) is 0 Å². The first-order chi connectivity index (χ1) is 13.5. The summed E-state index contributed by atoms with van der Waals surface area (Å²) in [6, 6.07) is 12.5. The van der Waals surface area contributed by atoms with Gasteiger partial charge in [-0.25, -0.2) is 0 Å². The number of nitrogens with zero attached hydrogens (tertiary/aromatic N) is 1. The molecule has 3 aromatic rings. The Labute approximate surface area is 168 Å². The largest absolute Gasteiger partial charge is 0.495 e. The Morgan fingerprint density at radius 2 is 1.68 bits per heavy atom. The number of carbonyl (C=O) groups is 1. The van der Waals surface area contributed by atoms with E-state index in [4.69, 9.17) is 21.1 Å². The van der Waals surface area contributed by atoms with Gasteiger partial charge in [-0.05, 0) is 48.9 Å². The molecule has 1 amide bonds. The number of hydrogen-bond acceptors (Lipinski definition) is 5. The third-order valence-corrected chi connectivity index (χ3v) is 4.28. The predicted octanol–water partition coefficient (Wildman–Crippen LogP) is 5.06. The van der Waals surface area contributed by atoms with Crippen molar-refractivity contribution in [3.05, 3.63) is 71.0 Å². The normalized spacial score (nSPS) is 10.3. The zero-order chi connectivity index (χ0) is 20.1. The molecule has 0 aliphatic heterocycles. The Balaban J connectivity index is 1.83. The molecule has 0 bridgehead atoms. The quantitative estimate of drug-likeness (QED) is 0.608. The number of halogens is 1. The summed E-state index contributed by atoms with van der Waals surface area (Å²) in [5.41, 5.74) is 3.41. The maximum Gasteiger partial charge on any atom is 0.257 e. The fourth-order valence-electron chi connectivity index (χ4n) is 2.68. The van der Waals surface area contributed by atoms with Crippen LogP contribution >= 0.6 is 11.6 Å². The van der Waals surface area contributed by atoms with Crippen LogP contribution in [-0.4, -0.2) is 25.1 Å². The Morgan fingerprint density at radius 1 is 0.964 bits per heavy atom. The molecule has 3 rings (SSSR count). The molecule has 0 spiro atoms. The second-order valence-electron chi connectivity index (χ2n) is 6.09. The van der Waals surface area contributed by atoms with Crippen molar-refractivity contribution in [1.82, 2.24) is 4.98 Å². The van der Waals surface area contributed by atoms with E-state index in [2.05, 4.69) is 15.6 Å². The van der Waals surface area contributed by atoms with Crippen LogP contribution in [0.15, 0.2) is 54.9 Å². The van der Waals surface area contributed by atoms with Crippen molar-refractivity contribution < 1.29 is 14.3 Å². The second kappa shape index (κ2) is 8.63. The Bertz CT molecular complexity index is 1010. The molecule has 28 heavy (non-hydrogen) atoms. The highest BCUT2D eigenvalue weighted by molar-refractivity contribution is 6.31. The van der Waals surface area contributed by atoms with Gasteiger partial charge in [-0.3, -0.25) is 9.78 Å². The van der Waals surface area contributed by atoms with Crippen LogP contribution in [0.5, 0.6) is 11.5 Å². The van der Waals surface area contributed by atoms with Crippen molar-refractivity contribution >= 4 is 34.6 Å². The van der Waals surface area contributed by atoms with Gasteiger partial charge in [0, 0.05) is 11.2 Å². The summed E-state index contributed by atoms with van der Waals surface area (Å²) in [4.78, 5) is 16.8. The number of benzene rings is 2. The fourth-order valence-corrected chi connectivity index (χ4v) is 2.85. The molecule has 2 aromatic carbocycles. The minimum absolute atomic E-state index is 0.326. The van der Waals surface area contributed by atoms with Crippen LogP contribution in [0.3, 0.4) is 0 Å². The lowest BCUT2D eigenvalue weighted by molar-refractivity contribution is 0.102. The van der Waals surface area contributed by atoms with Gasteiger partial charge in [-0.15, -0.1) is 0 Å². The minimum Gasteiger partial charge on any atom is -0.495 e. The molecule has 0 saturated heterocycles. The maximum absolute atomic E-state index is 12.7. The number of aryl methyl sites for hydroxylation is 1. The molecule has 0 aliphatic carbocycles. The number of pyridine rings is 1. The molecule has 1 aromatic heterocycles. The summed E-state index contributed by atoms with van der Waals surface area (Å²) in [5.74, 6) is 0.890. The van der Waals surface area contributed by atoms with Crippen LogP contribution in [0.25, 0.3) is 0 Å². The van der Waals surface area contributed by atoms with Gasteiger partial charge < -0.3 is 20.1 Å². The Hall–Kier alpha value is -3.25. The Morgan fingerprint density at radius 3 is 2.43 bits per heavy atom. The van der Waals surface area contributed by atoms with Gasteiger partial charge in [-0.2, -0.15) is 0 Å². The van der Waals surface area contributed by atoms with Crippen molar-refractivity contribution in [3.8, 4) is 11.5 Å². The van der Waals surface area contributed by atoms with E-state index in [1.807, 2.05) is 25.1 Å². The zero-order valence-electron chi connectivity index (χ0n) is 15.7. The van der Waals surface area contributed by atoms with Gasteiger partial charge in [0.25, 0.3) is 5.91 Å². The summed E-state index contributed by atoms with van der Waals surface area (Å²) < 4.78 is 10.6. The van der Waals surface area contributed by atoms with Gasteiger partial charge in [0.2, 0.25) is 0 Å². The highest BCUT2D eigenvalue weighted by Gasteiger charge is 2.12. The van der Waals surface area contributed by atoms with Crippen molar-refractivity contribution in [2.24, 2.45) is 0 Å². The molecule has 2 N–H and O–H groups in total. The summed E-state index contributed by atoms with van der Waals surface area (Å²) >= 11 is 6.02. The first kappa shape index (κ1) is 19.5. The van der Waals surface area contributed by atoms with Crippen LogP contribution in [0.1, 0.15) is 15.9 Å². The number of aromatic nitrogens is 1. The molecule has 6 nitrogen and oxygen atoms in total. The predicted molar refractivity (Wildman–Crippen MR) is 111 cm³/mol. The average molecular weight is 398 g/mol. The number of rotatable bonds is 6. The first-order valence-electron chi connectivity index (χ1n) is 8.52. The molecular formula is C21H20ClN3O3. The standard InChI is InChI=1S/C21H20ClN3O3/c1-13-4-6-19(27-2)17(8-13)24-16-9-14(11-23-12-16)21(26)25-18-10-15(22)5-7-20(18)28-3/h4-12,24H,1-3H3,(H,25,26). The molecule has 1 heterocycles. The van der Waals surface area contributed by atoms with Gasteiger partial charge in [-0.1, -0.05) is 17.7 Å².